The second kappa shape index (κ2) is 12.4. The molecule has 0 bridgehead atoms. The fourth-order valence-electron chi connectivity index (χ4n) is 7.45. The van der Waals surface area contributed by atoms with Crippen molar-refractivity contribution in [2.24, 2.45) is 0 Å². The molecule has 6 heteroatoms. The average molecular weight is 664 g/mol. The first-order valence-corrected chi connectivity index (χ1v) is 17.1. The molecule has 0 saturated carbocycles. The normalized spacial score (nSPS) is 14.4. The van der Waals surface area contributed by atoms with E-state index in [-0.39, 0.29) is 0 Å². The Morgan fingerprint density at radius 3 is 1.55 bits per heavy atom. The van der Waals surface area contributed by atoms with Gasteiger partial charge in [-0.25, -0.2) is 0 Å². The first-order valence-electron chi connectivity index (χ1n) is 17.1. The van der Waals surface area contributed by atoms with E-state index in [2.05, 4.69) is 41.3 Å². The van der Waals surface area contributed by atoms with Crippen molar-refractivity contribution in [3.63, 3.8) is 0 Å². The quantitative estimate of drug-likeness (QED) is 0.155. The molecule has 0 atom stereocenters. The Balaban J connectivity index is 1.28. The van der Waals surface area contributed by atoms with Crippen LogP contribution in [0.4, 0.5) is 25.7 Å². The Morgan fingerprint density at radius 1 is 0.471 bits per heavy atom. The predicted molar refractivity (Wildman–Crippen MR) is 207 cm³/mol. The third-order valence-corrected chi connectivity index (χ3v) is 9.71. The molecule has 6 aromatic carbocycles. The standard InChI is InChI=1S/C45H32BF2N3/c47-46(48)50-42(34-19-8-2-9-20-34)30-40(33-17-6-1-7-18-33)44(50)32-45-41(31-43(51(45)46)35-21-10-3-11-22-35)36-23-16-28-39(29-36)49(37-24-12-4-13-25-37)38-26-14-5-15-27-38/h1-32H. The number of hydrogen-bond acceptors (Lipinski definition) is 1. The highest BCUT2D eigenvalue weighted by Crippen LogP contribution is 2.46. The topological polar surface area (TPSA) is 11.2 Å². The number of nitrogens with zero attached hydrogens (tertiary/aromatic N) is 3. The first kappa shape index (κ1) is 30.5. The minimum atomic E-state index is -4.35. The van der Waals surface area contributed by atoms with Crippen molar-refractivity contribution in [2.75, 3.05) is 4.90 Å². The second-order valence-corrected chi connectivity index (χ2v) is 12.8. The molecule has 0 radical (unpaired) electrons. The third kappa shape index (κ3) is 5.24. The molecule has 0 fully saturated rings. The number of benzene rings is 6. The van der Waals surface area contributed by atoms with Crippen molar-refractivity contribution in [3.8, 4) is 22.4 Å². The van der Waals surface area contributed by atoms with Crippen LogP contribution in [0.15, 0.2) is 194 Å². The maximum atomic E-state index is 17.8. The van der Waals surface area contributed by atoms with Crippen molar-refractivity contribution in [1.29, 1.82) is 0 Å². The van der Waals surface area contributed by atoms with E-state index in [4.69, 9.17) is 0 Å². The van der Waals surface area contributed by atoms with Gasteiger partial charge in [0.2, 0.25) is 0 Å². The van der Waals surface area contributed by atoms with E-state index in [9.17, 15) is 0 Å². The van der Waals surface area contributed by atoms with Gasteiger partial charge in [0.1, 0.15) is 0 Å². The molecule has 2 aliphatic heterocycles. The average Bonchev–Trinajstić information content (AvgIpc) is 3.78. The molecule has 0 spiro atoms. The van der Waals surface area contributed by atoms with Crippen molar-refractivity contribution in [3.05, 3.63) is 211 Å². The number of aromatic nitrogens is 1. The van der Waals surface area contributed by atoms with E-state index in [0.29, 0.717) is 22.8 Å². The first-order chi connectivity index (χ1) is 25.1. The van der Waals surface area contributed by atoms with E-state index in [0.717, 1.165) is 50.5 Å². The van der Waals surface area contributed by atoms with E-state index in [1.807, 2.05) is 158 Å². The Labute approximate surface area is 296 Å². The summed E-state index contributed by atoms with van der Waals surface area (Å²) in [6.45, 7) is -4.35. The number of para-hydroxylation sites is 2. The lowest BCUT2D eigenvalue weighted by molar-refractivity contribution is -0.358. The Kier molecular flexibility index (Phi) is 7.43. The molecule has 2 aliphatic rings. The summed E-state index contributed by atoms with van der Waals surface area (Å²) in [6.07, 6.45) is 3.89. The lowest BCUT2D eigenvalue weighted by atomic mass is 9.87. The van der Waals surface area contributed by atoms with Crippen LogP contribution in [0.1, 0.15) is 16.8 Å². The largest absolute Gasteiger partial charge is 0.737 e. The number of halogens is 2. The highest BCUT2D eigenvalue weighted by Gasteiger charge is 2.55. The van der Waals surface area contributed by atoms with Gasteiger partial charge in [-0.2, -0.15) is 0 Å². The molecule has 0 unspecified atom stereocenters. The molecule has 7 aromatic rings. The van der Waals surface area contributed by atoms with Crippen LogP contribution in [0, 0.1) is 0 Å². The van der Waals surface area contributed by atoms with Crippen LogP contribution in [-0.2, 0) is 0 Å². The fraction of sp³-hybridized carbons (Fsp3) is 0. The van der Waals surface area contributed by atoms with Gasteiger partial charge in [-0.1, -0.05) is 127 Å². The van der Waals surface area contributed by atoms with Gasteiger partial charge in [0.15, 0.2) is 11.4 Å². The van der Waals surface area contributed by atoms with E-state index in [1.165, 1.54) is 8.96 Å². The smallest absolute Gasteiger partial charge is 0.389 e. The minimum absolute atomic E-state index is 0.467. The SMILES string of the molecule is F[B-]1(F)n2c(-c3ccccc3)cc(-c3ccccc3)c2C=C2C(c3cccc(N(c4ccccc4)c4ccccc4)c3)=CC(c3ccccc3)=[N+]21. The predicted octanol–water partition coefficient (Wildman–Crippen LogP) is 11.5. The monoisotopic (exact) mass is 663 g/mol. The van der Waals surface area contributed by atoms with Crippen molar-refractivity contribution >= 4 is 41.4 Å². The summed E-state index contributed by atoms with van der Waals surface area (Å²) in [6, 6.07) is 59.3. The van der Waals surface area contributed by atoms with Crippen LogP contribution in [0.25, 0.3) is 34.0 Å². The van der Waals surface area contributed by atoms with Gasteiger partial charge < -0.3 is 22.5 Å². The number of hydrogen-bond donors (Lipinski definition) is 0. The Morgan fingerprint density at radius 2 is 0.961 bits per heavy atom. The molecule has 1 aromatic heterocycles. The zero-order valence-corrected chi connectivity index (χ0v) is 27.7. The van der Waals surface area contributed by atoms with Crippen LogP contribution in [-0.4, -0.2) is 21.6 Å². The van der Waals surface area contributed by atoms with Gasteiger partial charge in [-0.15, -0.1) is 0 Å². The van der Waals surface area contributed by atoms with E-state index < -0.39 is 6.97 Å². The molecular weight excluding hydrogens is 631 g/mol. The zero-order chi connectivity index (χ0) is 34.4. The molecule has 0 amide bonds. The number of rotatable bonds is 7. The van der Waals surface area contributed by atoms with Crippen LogP contribution in [0.3, 0.4) is 0 Å². The Hall–Kier alpha value is -6.53. The number of anilines is 3. The van der Waals surface area contributed by atoms with E-state index in [1.54, 1.807) is 0 Å². The van der Waals surface area contributed by atoms with Gasteiger partial charge in [0, 0.05) is 51.7 Å². The maximum Gasteiger partial charge on any atom is 0.737 e. The second-order valence-electron chi connectivity index (χ2n) is 12.8. The van der Waals surface area contributed by atoms with Crippen LogP contribution >= 0.6 is 0 Å². The highest BCUT2D eigenvalue weighted by atomic mass is 19.2. The molecule has 3 heterocycles. The molecule has 0 saturated heterocycles. The van der Waals surface area contributed by atoms with E-state index >= 15 is 8.63 Å². The summed E-state index contributed by atoms with van der Waals surface area (Å²) in [7, 11) is 0. The van der Waals surface area contributed by atoms with Crippen molar-refractivity contribution < 1.29 is 13.1 Å². The lowest BCUT2D eigenvalue weighted by Crippen LogP contribution is -2.50. The van der Waals surface area contributed by atoms with Crippen molar-refractivity contribution in [1.82, 2.24) is 4.48 Å². The maximum absolute atomic E-state index is 17.8. The lowest BCUT2D eigenvalue weighted by Gasteiger charge is -2.32. The van der Waals surface area contributed by atoms with Gasteiger partial charge >= 0.3 is 6.97 Å². The number of allylic oxidation sites excluding steroid dienone is 2. The van der Waals surface area contributed by atoms with Crippen LogP contribution in [0.5, 0.6) is 0 Å². The highest BCUT2D eigenvalue weighted by molar-refractivity contribution is 6.59. The Bertz CT molecular complexity index is 2430. The molecule has 0 aliphatic carbocycles. The van der Waals surface area contributed by atoms with Gasteiger partial charge in [-0.05, 0) is 71.3 Å². The summed E-state index contributed by atoms with van der Waals surface area (Å²) in [5.41, 5.74) is 9.57. The third-order valence-electron chi connectivity index (χ3n) is 9.71. The molecule has 244 valence electrons. The summed E-state index contributed by atoms with van der Waals surface area (Å²) in [4.78, 5) is 2.19. The molecule has 51 heavy (non-hydrogen) atoms. The van der Waals surface area contributed by atoms with Crippen molar-refractivity contribution in [2.45, 2.75) is 0 Å². The molecule has 9 rings (SSSR count). The van der Waals surface area contributed by atoms with Crippen LogP contribution in [0.2, 0.25) is 0 Å². The summed E-state index contributed by atoms with van der Waals surface area (Å²) in [5, 5.41) is 0. The molecule has 3 nitrogen and oxygen atoms in total. The van der Waals surface area contributed by atoms with Gasteiger partial charge in [0.05, 0.1) is 5.57 Å². The summed E-state index contributed by atoms with van der Waals surface area (Å²) < 4.78 is 38.0. The number of fused-ring (bicyclic) bond motifs is 2. The fourth-order valence-corrected chi connectivity index (χ4v) is 7.45. The summed E-state index contributed by atoms with van der Waals surface area (Å²) in [5.74, 6) is 0. The zero-order valence-electron chi connectivity index (χ0n) is 27.7. The summed E-state index contributed by atoms with van der Waals surface area (Å²) >= 11 is 0. The minimum Gasteiger partial charge on any atom is -0.389 e. The molecule has 0 N–H and O–H groups in total. The van der Waals surface area contributed by atoms with Crippen LogP contribution < -0.4 is 4.90 Å². The van der Waals surface area contributed by atoms with Gasteiger partial charge in [-0.3, -0.25) is 0 Å². The van der Waals surface area contributed by atoms with Gasteiger partial charge in [0.25, 0.3) is 0 Å². The molecular formula is C45H32BF2N3.